The molecule has 0 aliphatic carbocycles. The fourth-order valence-corrected chi connectivity index (χ4v) is 1.46. The van der Waals surface area contributed by atoms with Crippen molar-refractivity contribution in [2.75, 3.05) is 13.1 Å². The third-order valence-corrected chi connectivity index (χ3v) is 2.56. The minimum atomic E-state index is 0. The molecule has 6 heteroatoms. The molecule has 1 aliphatic rings. The van der Waals surface area contributed by atoms with E-state index in [1.54, 1.807) is 6.20 Å². The number of ether oxygens (including phenoxy) is 1. The number of aromatic nitrogens is 2. The van der Waals surface area contributed by atoms with Crippen LogP contribution in [0.5, 0.6) is 6.01 Å². The number of rotatable bonds is 2. The molecule has 0 saturated carbocycles. The van der Waals surface area contributed by atoms with Crippen molar-refractivity contribution in [2.24, 2.45) is 0 Å². The van der Waals surface area contributed by atoms with Crippen LogP contribution in [0.2, 0.25) is 5.15 Å². The van der Waals surface area contributed by atoms with Crippen molar-refractivity contribution < 1.29 is 4.74 Å². The monoisotopic (exact) mass is 249 g/mol. The molecule has 0 radical (unpaired) electrons. The van der Waals surface area contributed by atoms with E-state index >= 15 is 0 Å². The molecule has 0 spiro atoms. The van der Waals surface area contributed by atoms with Crippen LogP contribution in [0.15, 0.2) is 6.20 Å². The molecule has 1 aromatic rings. The van der Waals surface area contributed by atoms with Crippen molar-refractivity contribution in [3.63, 3.8) is 0 Å². The summed E-state index contributed by atoms with van der Waals surface area (Å²) in [5.74, 6) is 0. The summed E-state index contributed by atoms with van der Waals surface area (Å²) in [6.07, 6.45) is 2.84. The minimum absolute atomic E-state index is 0. The molecule has 4 nitrogen and oxygen atoms in total. The summed E-state index contributed by atoms with van der Waals surface area (Å²) in [4.78, 5) is 8.10. The molecule has 0 amide bonds. The van der Waals surface area contributed by atoms with E-state index in [-0.39, 0.29) is 18.5 Å². The van der Waals surface area contributed by atoms with E-state index in [1.165, 1.54) is 0 Å². The predicted octanol–water partition coefficient (Wildman–Crippen LogP) is 1.60. The van der Waals surface area contributed by atoms with Gasteiger partial charge in [0.25, 0.3) is 0 Å². The second-order valence-electron chi connectivity index (χ2n) is 3.36. The zero-order valence-electron chi connectivity index (χ0n) is 8.36. The van der Waals surface area contributed by atoms with Crippen LogP contribution in [0, 0.1) is 6.92 Å². The Morgan fingerprint density at radius 3 is 3.00 bits per heavy atom. The lowest BCUT2D eigenvalue weighted by molar-refractivity contribution is 0.204. The highest BCUT2D eigenvalue weighted by Gasteiger charge is 2.17. The molecule has 2 heterocycles. The van der Waals surface area contributed by atoms with Crippen molar-refractivity contribution in [2.45, 2.75) is 19.4 Å². The van der Waals surface area contributed by atoms with Crippen LogP contribution in [0.1, 0.15) is 12.0 Å². The van der Waals surface area contributed by atoms with Gasteiger partial charge >= 0.3 is 6.01 Å². The fourth-order valence-electron chi connectivity index (χ4n) is 1.34. The SMILES string of the molecule is Cc1cnc(O[C@@H]2CCNC2)nc1Cl.Cl. The number of nitrogens with zero attached hydrogens (tertiary/aromatic N) is 2. The van der Waals surface area contributed by atoms with Gasteiger partial charge in [0, 0.05) is 18.3 Å². The summed E-state index contributed by atoms with van der Waals surface area (Å²) in [6, 6.07) is 0.370. The Balaban J connectivity index is 0.00000112. The van der Waals surface area contributed by atoms with Gasteiger partial charge in [0.15, 0.2) is 0 Å². The molecule has 1 N–H and O–H groups in total. The molecule has 1 aromatic heterocycles. The normalized spacial score (nSPS) is 19.7. The molecule has 1 atom stereocenters. The Morgan fingerprint density at radius 2 is 2.40 bits per heavy atom. The number of aryl methyl sites for hydroxylation is 1. The highest BCUT2D eigenvalue weighted by Crippen LogP contribution is 2.15. The topological polar surface area (TPSA) is 47.0 Å². The molecule has 15 heavy (non-hydrogen) atoms. The lowest BCUT2D eigenvalue weighted by Gasteiger charge is -2.10. The third kappa shape index (κ3) is 3.19. The Morgan fingerprint density at radius 1 is 1.60 bits per heavy atom. The molecule has 1 saturated heterocycles. The highest BCUT2D eigenvalue weighted by atomic mass is 35.5. The summed E-state index contributed by atoms with van der Waals surface area (Å²) in [6.45, 7) is 3.71. The summed E-state index contributed by atoms with van der Waals surface area (Å²) in [5, 5.41) is 3.66. The van der Waals surface area contributed by atoms with Crippen LogP contribution in [-0.2, 0) is 0 Å². The van der Waals surface area contributed by atoms with Gasteiger partial charge in [-0.05, 0) is 19.9 Å². The largest absolute Gasteiger partial charge is 0.459 e. The minimum Gasteiger partial charge on any atom is -0.459 e. The zero-order valence-corrected chi connectivity index (χ0v) is 9.94. The van der Waals surface area contributed by atoms with Gasteiger partial charge in [-0.3, -0.25) is 0 Å². The van der Waals surface area contributed by atoms with Crippen LogP contribution < -0.4 is 10.1 Å². The Kier molecular flexibility index (Phi) is 4.57. The first-order valence-electron chi connectivity index (χ1n) is 4.62. The molecular weight excluding hydrogens is 237 g/mol. The number of hydrogen-bond donors (Lipinski definition) is 1. The van der Waals surface area contributed by atoms with Crippen LogP contribution >= 0.6 is 24.0 Å². The molecular formula is C9H13Cl2N3O. The van der Waals surface area contributed by atoms with E-state index in [2.05, 4.69) is 15.3 Å². The van der Waals surface area contributed by atoms with Gasteiger partial charge in [-0.2, -0.15) is 4.98 Å². The summed E-state index contributed by atoms with van der Waals surface area (Å²) in [5.41, 5.74) is 0.864. The van der Waals surface area contributed by atoms with E-state index in [0.717, 1.165) is 25.1 Å². The standard InChI is InChI=1S/C9H12ClN3O.ClH/c1-6-4-12-9(13-8(6)10)14-7-2-3-11-5-7;/h4,7,11H,2-3,5H2,1H3;1H/t7-;/m1./s1. The van der Waals surface area contributed by atoms with Gasteiger partial charge < -0.3 is 10.1 Å². The average molecular weight is 250 g/mol. The van der Waals surface area contributed by atoms with Gasteiger partial charge in [-0.15, -0.1) is 12.4 Å². The molecule has 0 bridgehead atoms. The maximum absolute atomic E-state index is 5.85. The molecule has 1 aliphatic heterocycles. The number of hydrogen-bond acceptors (Lipinski definition) is 4. The summed E-state index contributed by atoms with van der Waals surface area (Å²) in [7, 11) is 0. The van der Waals surface area contributed by atoms with Crippen LogP contribution in [0.25, 0.3) is 0 Å². The van der Waals surface area contributed by atoms with Gasteiger partial charge in [0.1, 0.15) is 11.3 Å². The second kappa shape index (κ2) is 5.49. The van der Waals surface area contributed by atoms with Gasteiger partial charge in [-0.25, -0.2) is 4.98 Å². The highest BCUT2D eigenvalue weighted by molar-refractivity contribution is 6.30. The maximum Gasteiger partial charge on any atom is 0.318 e. The average Bonchev–Trinajstić information content (AvgIpc) is 2.64. The Bertz CT molecular complexity index is 329. The third-order valence-electron chi connectivity index (χ3n) is 2.18. The van der Waals surface area contributed by atoms with Crippen LogP contribution in [-0.4, -0.2) is 29.2 Å². The first-order valence-corrected chi connectivity index (χ1v) is 5.00. The fraction of sp³-hybridized carbons (Fsp3) is 0.556. The Labute approximate surface area is 99.8 Å². The quantitative estimate of drug-likeness (QED) is 0.810. The zero-order chi connectivity index (χ0) is 9.97. The maximum atomic E-state index is 5.85. The van der Waals surface area contributed by atoms with E-state index in [4.69, 9.17) is 16.3 Å². The van der Waals surface area contributed by atoms with Crippen molar-refractivity contribution in [3.05, 3.63) is 16.9 Å². The number of halogens is 2. The lowest BCUT2D eigenvalue weighted by Crippen LogP contribution is -2.20. The molecule has 0 unspecified atom stereocenters. The molecule has 1 fully saturated rings. The van der Waals surface area contributed by atoms with Crippen molar-refractivity contribution in [3.8, 4) is 6.01 Å². The van der Waals surface area contributed by atoms with Gasteiger partial charge in [0.05, 0.1) is 0 Å². The molecule has 0 aromatic carbocycles. The van der Waals surface area contributed by atoms with E-state index in [9.17, 15) is 0 Å². The van der Waals surface area contributed by atoms with Gasteiger partial charge in [-0.1, -0.05) is 11.6 Å². The summed E-state index contributed by atoms with van der Waals surface area (Å²) >= 11 is 5.85. The smallest absolute Gasteiger partial charge is 0.318 e. The van der Waals surface area contributed by atoms with Gasteiger partial charge in [0.2, 0.25) is 0 Å². The van der Waals surface area contributed by atoms with Crippen molar-refractivity contribution in [1.29, 1.82) is 0 Å². The first kappa shape index (κ1) is 12.5. The van der Waals surface area contributed by atoms with E-state index in [0.29, 0.717) is 11.2 Å². The van der Waals surface area contributed by atoms with E-state index in [1.807, 2.05) is 6.92 Å². The van der Waals surface area contributed by atoms with Crippen molar-refractivity contribution in [1.82, 2.24) is 15.3 Å². The molecule has 84 valence electrons. The van der Waals surface area contributed by atoms with Crippen LogP contribution in [0.3, 0.4) is 0 Å². The molecule has 2 rings (SSSR count). The van der Waals surface area contributed by atoms with Crippen molar-refractivity contribution >= 4 is 24.0 Å². The second-order valence-corrected chi connectivity index (χ2v) is 3.72. The van der Waals surface area contributed by atoms with Crippen LogP contribution in [0.4, 0.5) is 0 Å². The van der Waals surface area contributed by atoms with E-state index < -0.39 is 0 Å². The Hall–Kier alpha value is -0.580. The number of nitrogens with one attached hydrogen (secondary N) is 1. The lowest BCUT2D eigenvalue weighted by atomic mass is 10.3. The first-order chi connectivity index (χ1) is 6.75. The predicted molar refractivity (Wildman–Crippen MR) is 60.9 cm³/mol. The summed E-state index contributed by atoms with van der Waals surface area (Å²) < 4.78 is 5.54.